The van der Waals surface area contributed by atoms with Gasteiger partial charge in [0.2, 0.25) is 11.8 Å². The number of carbonyl (C=O) groups excluding carboxylic acids is 3. The molecule has 5 rings (SSSR count). The van der Waals surface area contributed by atoms with E-state index in [0.29, 0.717) is 21.3 Å². The molecular weight excluding hydrogens is 579 g/mol. The first-order valence-electron chi connectivity index (χ1n) is 12.2. The van der Waals surface area contributed by atoms with Gasteiger partial charge in [-0.25, -0.2) is 9.78 Å². The first-order chi connectivity index (χ1) is 19.0. The number of primary amides is 1. The molecule has 2 aromatic heterocycles. The first-order valence-corrected chi connectivity index (χ1v) is 15.2. The highest BCUT2D eigenvalue weighted by molar-refractivity contribution is 8.00. The number of hydrogen-bond donors (Lipinski definition) is 2. The van der Waals surface area contributed by atoms with Gasteiger partial charge in [-0.15, -0.1) is 11.3 Å². The van der Waals surface area contributed by atoms with Crippen LogP contribution in [-0.2, 0) is 25.7 Å². The predicted molar refractivity (Wildman–Crippen MR) is 150 cm³/mol. The fourth-order valence-electron chi connectivity index (χ4n) is 5.15. The number of aliphatic hydroxyl groups is 1. The quantitative estimate of drug-likeness (QED) is 0.115. The van der Waals surface area contributed by atoms with Gasteiger partial charge in [0.15, 0.2) is 5.16 Å². The van der Waals surface area contributed by atoms with Gasteiger partial charge in [0, 0.05) is 29.8 Å². The number of aliphatic hydroxyl groups excluding tert-OH is 1. The van der Waals surface area contributed by atoms with E-state index >= 15 is 0 Å². The van der Waals surface area contributed by atoms with E-state index in [0.717, 1.165) is 9.71 Å². The molecule has 0 saturated carbocycles. The molecule has 15 heteroatoms. The number of nitro groups is 1. The van der Waals surface area contributed by atoms with Crippen LogP contribution in [0.2, 0.25) is 0 Å². The normalized spacial score (nSPS) is 20.9. The minimum absolute atomic E-state index is 0.0630. The number of non-ortho nitro benzene ring substituents is 1. The Bertz CT molecular complexity index is 1560. The molecule has 0 spiro atoms. The Morgan fingerprint density at radius 2 is 2.02 bits per heavy atom. The second kappa shape index (κ2) is 10.9. The minimum Gasteiger partial charge on any atom is -0.456 e. The summed E-state index contributed by atoms with van der Waals surface area (Å²) >= 11 is 4.03. The molecule has 4 heterocycles. The fourth-order valence-corrected chi connectivity index (χ4v) is 7.87. The number of β-lactam (4-membered cyclic amide) rings is 1. The van der Waals surface area contributed by atoms with Crippen LogP contribution in [0.5, 0.6) is 0 Å². The molecule has 2 aliphatic rings. The van der Waals surface area contributed by atoms with Crippen LogP contribution in [0.3, 0.4) is 0 Å². The van der Waals surface area contributed by atoms with Crippen LogP contribution in [0.1, 0.15) is 24.3 Å². The lowest BCUT2D eigenvalue weighted by Gasteiger charge is -2.46. The predicted octanol–water partition coefficient (Wildman–Crippen LogP) is 2.92. The summed E-state index contributed by atoms with van der Waals surface area (Å²) in [5.41, 5.74) is 6.56. The van der Waals surface area contributed by atoms with E-state index in [1.54, 1.807) is 6.92 Å². The van der Waals surface area contributed by atoms with E-state index in [2.05, 4.69) is 4.98 Å². The Hall–Kier alpha value is -3.40. The van der Waals surface area contributed by atoms with Crippen molar-refractivity contribution in [3.8, 4) is 0 Å². The van der Waals surface area contributed by atoms with E-state index in [9.17, 15) is 29.6 Å². The van der Waals surface area contributed by atoms with Crippen LogP contribution < -0.4 is 5.73 Å². The Morgan fingerprint density at radius 1 is 1.32 bits per heavy atom. The number of amides is 2. The summed E-state index contributed by atoms with van der Waals surface area (Å²) in [6.07, 6.45) is 2.84. The zero-order valence-electron chi connectivity index (χ0n) is 21.6. The molecule has 2 aliphatic heterocycles. The van der Waals surface area contributed by atoms with Crippen LogP contribution in [0.25, 0.3) is 10.4 Å². The minimum atomic E-state index is -0.893. The van der Waals surface area contributed by atoms with Crippen LogP contribution in [0.4, 0.5) is 5.69 Å². The maximum absolute atomic E-state index is 13.5. The smallest absolute Gasteiger partial charge is 0.355 e. The molecule has 1 aromatic carbocycles. The summed E-state index contributed by atoms with van der Waals surface area (Å²) in [5.74, 6) is -2.39. The highest BCUT2D eigenvalue weighted by atomic mass is 32.2. The van der Waals surface area contributed by atoms with Gasteiger partial charge in [0.05, 0.1) is 33.6 Å². The lowest BCUT2D eigenvalue weighted by atomic mass is 9.77. The number of rotatable bonds is 10. The van der Waals surface area contributed by atoms with Crippen LogP contribution in [0.15, 0.2) is 46.3 Å². The number of ether oxygens (including phenoxy) is 1. The van der Waals surface area contributed by atoms with Crippen molar-refractivity contribution >= 4 is 68.7 Å². The zero-order chi connectivity index (χ0) is 28.9. The summed E-state index contributed by atoms with van der Waals surface area (Å²) in [6, 6.07) is 5.25. The molecule has 0 aliphatic carbocycles. The average molecular weight is 604 g/mol. The number of nitrogens with two attached hydrogens (primary N) is 1. The maximum atomic E-state index is 13.5. The highest BCUT2D eigenvalue weighted by Gasteiger charge is 2.60. The van der Waals surface area contributed by atoms with Gasteiger partial charge in [-0.05, 0) is 30.9 Å². The molecular formula is C25H25N5O7S3. The molecule has 12 nitrogen and oxygen atoms in total. The molecule has 40 heavy (non-hydrogen) atoms. The Balaban J connectivity index is 1.53. The maximum Gasteiger partial charge on any atom is 0.355 e. The van der Waals surface area contributed by atoms with Gasteiger partial charge in [0.1, 0.15) is 22.2 Å². The van der Waals surface area contributed by atoms with Crippen molar-refractivity contribution in [3.63, 3.8) is 0 Å². The molecule has 210 valence electrons. The number of carbonyl (C=O) groups is 3. The van der Waals surface area contributed by atoms with Gasteiger partial charge in [-0.3, -0.25) is 24.1 Å². The molecule has 4 atom stereocenters. The van der Waals surface area contributed by atoms with Crippen molar-refractivity contribution in [2.45, 2.75) is 42.8 Å². The zero-order valence-corrected chi connectivity index (χ0v) is 24.0. The summed E-state index contributed by atoms with van der Waals surface area (Å²) in [7, 11) is 0. The monoisotopic (exact) mass is 603 g/mol. The third-order valence-electron chi connectivity index (χ3n) is 6.94. The summed E-state index contributed by atoms with van der Waals surface area (Å²) in [4.78, 5) is 56.0. The second-order valence-electron chi connectivity index (χ2n) is 9.45. The van der Waals surface area contributed by atoms with Crippen molar-refractivity contribution in [3.05, 3.63) is 56.7 Å². The van der Waals surface area contributed by atoms with E-state index in [1.807, 2.05) is 23.8 Å². The molecule has 0 unspecified atom stereocenters. The topological polar surface area (TPSA) is 170 Å². The van der Waals surface area contributed by atoms with E-state index in [1.165, 1.54) is 64.0 Å². The van der Waals surface area contributed by atoms with Gasteiger partial charge < -0.3 is 20.5 Å². The SMILES string of the molecule is CSc1nc(SCC(N)=O)c2sc(C3=C(C(=O)OCc4ccc([N+](=O)[O-])cc4)N4C(=O)[C@H]([C@@H](C)O)[C@H]4[C@H]3C)cn12. The van der Waals surface area contributed by atoms with Gasteiger partial charge in [0.25, 0.3) is 5.69 Å². The highest BCUT2D eigenvalue weighted by Crippen LogP contribution is 2.52. The molecule has 0 bridgehead atoms. The van der Waals surface area contributed by atoms with E-state index < -0.39 is 34.9 Å². The number of benzene rings is 1. The molecule has 1 saturated heterocycles. The van der Waals surface area contributed by atoms with Crippen LogP contribution in [-0.4, -0.2) is 66.3 Å². The van der Waals surface area contributed by atoms with Crippen molar-refractivity contribution in [2.24, 2.45) is 17.6 Å². The van der Waals surface area contributed by atoms with Gasteiger partial charge >= 0.3 is 5.97 Å². The number of thiazole rings is 1. The fraction of sp³-hybridized carbons (Fsp3) is 0.360. The third-order valence-corrected chi connectivity index (χ3v) is 9.84. The Morgan fingerprint density at radius 3 is 2.62 bits per heavy atom. The van der Waals surface area contributed by atoms with Crippen molar-refractivity contribution in [1.82, 2.24) is 14.3 Å². The number of esters is 1. The number of aromatic nitrogens is 2. The number of fused-ring (bicyclic) bond motifs is 2. The van der Waals surface area contributed by atoms with Crippen LogP contribution >= 0.6 is 34.9 Å². The Labute approximate surface area is 240 Å². The number of nitro benzene ring substituents is 1. The van der Waals surface area contributed by atoms with E-state index in [4.69, 9.17) is 10.5 Å². The summed E-state index contributed by atoms with van der Waals surface area (Å²) in [5, 5.41) is 22.6. The van der Waals surface area contributed by atoms with Crippen molar-refractivity contribution in [2.75, 3.05) is 12.0 Å². The lowest BCUT2D eigenvalue weighted by Crippen LogP contribution is -2.63. The number of nitrogens with zero attached hydrogens (tertiary/aromatic N) is 4. The summed E-state index contributed by atoms with van der Waals surface area (Å²) in [6.45, 7) is 3.33. The summed E-state index contributed by atoms with van der Waals surface area (Å²) < 4.78 is 7.49. The number of imidazole rings is 1. The standard InChI is InChI=1S/C25H25N5O7S3/c1-11-17(15-8-28-23(40-15)21(27-25(28)38-3)39-10-16(26)32)20(29-19(11)18(12(2)31)22(29)33)24(34)37-9-13-4-6-14(7-5-13)30(35)36/h4-8,11-12,18-19,31H,9-10H2,1-3H3,(H2,26,32)/t11-,12+,18+,19+/m0/s1. The molecule has 3 aromatic rings. The van der Waals surface area contributed by atoms with Gasteiger partial charge in [-0.1, -0.05) is 30.4 Å². The average Bonchev–Trinajstić information content (AvgIpc) is 3.54. The number of hydrogen-bond acceptors (Lipinski definition) is 11. The third kappa shape index (κ3) is 4.76. The van der Waals surface area contributed by atoms with Crippen LogP contribution in [0, 0.1) is 22.0 Å². The molecule has 2 amide bonds. The van der Waals surface area contributed by atoms with E-state index in [-0.39, 0.29) is 35.6 Å². The molecule has 0 radical (unpaired) electrons. The van der Waals surface area contributed by atoms with Gasteiger partial charge in [-0.2, -0.15) is 0 Å². The molecule has 3 N–H and O–H groups in total. The molecule has 1 fully saturated rings. The Kier molecular flexibility index (Phi) is 7.65. The first kappa shape index (κ1) is 28.1. The van der Waals surface area contributed by atoms with Crippen molar-refractivity contribution < 1.29 is 29.2 Å². The largest absolute Gasteiger partial charge is 0.456 e. The second-order valence-corrected chi connectivity index (χ2v) is 12.2. The number of thioether (sulfide) groups is 2. The lowest BCUT2D eigenvalue weighted by molar-refractivity contribution is -0.384. The van der Waals surface area contributed by atoms with Crippen molar-refractivity contribution in [1.29, 1.82) is 0 Å².